The minimum Gasteiger partial charge on any atom is -0.512 e. The van der Waals surface area contributed by atoms with Crippen molar-refractivity contribution >= 4 is 16.6 Å². The van der Waals surface area contributed by atoms with Crippen LogP contribution in [0, 0.1) is 37.7 Å². The number of hydrogen-bond donors (Lipinski definition) is 1. The summed E-state index contributed by atoms with van der Waals surface area (Å²) in [7, 11) is 0. The van der Waals surface area contributed by atoms with Crippen molar-refractivity contribution in [3.05, 3.63) is 77.2 Å². The minimum atomic E-state index is 0. The molecule has 1 unspecified atom stereocenters. The number of aromatic nitrogens is 1. The first-order chi connectivity index (χ1) is 17.1. The number of rotatable bonds is 9. The number of hydrogen-bond acceptors (Lipinski definition) is 3. The quantitative estimate of drug-likeness (QED) is 0.140. The van der Waals surface area contributed by atoms with Crippen molar-refractivity contribution in [1.82, 2.24) is 4.98 Å². The number of fused-ring (bicyclic) bond motifs is 1. The van der Waals surface area contributed by atoms with Gasteiger partial charge < -0.3 is 10.1 Å². The zero-order chi connectivity index (χ0) is 26.8. The topological polar surface area (TPSA) is 50.2 Å². The van der Waals surface area contributed by atoms with Crippen molar-refractivity contribution in [3.63, 3.8) is 0 Å². The number of aliphatic hydroxyl groups excluding tert-OH is 1. The minimum absolute atomic E-state index is 0. The van der Waals surface area contributed by atoms with Crippen LogP contribution in [-0.4, -0.2) is 15.9 Å². The standard InChI is InChI=1S/C21H22N.C12H22O2.Ir/c1-14(2)9-17-5-6-20-18(13-17)7-8-22-21(20)19-11-15(3)10-16(4)12-19;1-5-9(4)11(13)8-12(14)10(6-2)7-3;/h5-8,10-11,13-14H,9H2,1-4H3;8-10,14H,5-7H2,1-4H3;/q-1;;/b;12-8-;. The molecule has 1 atom stereocenters. The molecule has 1 radical (unpaired) electrons. The van der Waals surface area contributed by atoms with Gasteiger partial charge in [-0.15, -0.1) is 34.9 Å². The molecule has 3 nitrogen and oxygen atoms in total. The summed E-state index contributed by atoms with van der Waals surface area (Å²) in [6.45, 7) is 16.6. The van der Waals surface area contributed by atoms with E-state index in [0.29, 0.717) is 5.92 Å². The van der Waals surface area contributed by atoms with E-state index in [1.54, 1.807) is 0 Å². The zero-order valence-corrected chi connectivity index (χ0v) is 26.2. The van der Waals surface area contributed by atoms with Crippen LogP contribution in [0.1, 0.15) is 77.5 Å². The van der Waals surface area contributed by atoms with E-state index < -0.39 is 0 Å². The van der Waals surface area contributed by atoms with E-state index in [1.807, 2.05) is 33.9 Å². The Bertz CT molecular complexity index is 1160. The second kappa shape index (κ2) is 15.8. The van der Waals surface area contributed by atoms with Crippen LogP contribution in [0.15, 0.2) is 54.4 Å². The maximum atomic E-state index is 11.5. The fraction of sp³-hybridized carbons (Fsp3) is 0.455. The van der Waals surface area contributed by atoms with Crippen LogP contribution in [0.4, 0.5) is 0 Å². The van der Waals surface area contributed by atoms with Crippen LogP contribution in [-0.2, 0) is 31.3 Å². The van der Waals surface area contributed by atoms with Crippen molar-refractivity contribution in [2.75, 3.05) is 0 Å². The second-order valence-corrected chi connectivity index (χ2v) is 10.4. The van der Waals surface area contributed by atoms with E-state index >= 15 is 0 Å². The summed E-state index contributed by atoms with van der Waals surface area (Å²) < 4.78 is 0. The van der Waals surface area contributed by atoms with Crippen molar-refractivity contribution in [2.24, 2.45) is 17.8 Å². The molecule has 1 N–H and O–H groups in total. The van der Waals surface area contributed by atoms with Gasteiger partial charge in [0.2, 0.25) is 0 Å². The molecule has 0 spiro atoms. The van der Waals surface area contributed by atoms with E-state index in [1.165, 1.54) is 28.0 Å². The smallest absolute Gasteiger partial charge is 0.161 e. The van der Waals surface area contributed by atoms with Crippen LogP contribution in [0.2, 0.25) is 0 Å². The molecule has 0 bridgehead atoms. The van der Waals surface area contributed by atoms with Crippen molar-refractivity contribution in [1.29, 1.82) is 0 Å². The summed E-state index contributed by atoms with van der Waals surface area (Å²) in [6.07, 6.45) is 7.02. The first-order valence-corrected chi connectivity index (χ1v) is 13.4. The van der Waals surface area contributed by atoms with Gasteiger partial charge >= 0.3 is 0 Å². The summed E-state index contributed by atoms with van der Waals surface area (Å²) in [5.74, 6) is 1.12. The van der Waals surface area contributed by atoms with Gasteiger partial charge in [0.1, 0.15) is 0 Å². The summed E-state index contributed by atoms with van der Waals surface area (Å²) >= 11 is 0. The molecule has 0 fully saturated rings. The monoisotopic (exact) mass is 679 g/mol. The molecule has 3 rings (SSSR count). The van der Waals surface area contributed by atoms with Crippen LogP contribution >= 0.6 is 0 Å². The predicted octanol–water partition coefficient (Wildman–Crippen LogP) is 8.99. The number of carbonyl (C=O) groups is 1. The van der Waals surface area contributed by atoms with E-state index in [2.05, 4.69) is 75.1 Å². The molecule has 37 heavy (non-hydrogen) atoms. The van der Waals surface area contributed by atoms with Gasteiger partial charge in [-0.05, 0) is 59.7 Å². The third kappa shape index (κ3) is 9.83. The largest absolute Gasteiger partial charge is 0.512 e. The maximum absolute atomic E-state index is 11.5. The first kappa shape index (κ1) is 32.7. The molecule has 0 amide bonds. The molecule has 0 saturated carbocycles. The van der Waals surface area contributed by atoms with Crippen LogP contribution < -0.4 is 0 Å². The number of ketones is 1. The molecule has 4 heteroatoms. The van der Waals surface area contributed by atoms with Gasteiger partial charge in [-0.3, -0.25) is 4.79 Å². The van der Waals surface area contributed by atoms with Gasteiger partial charge in [0, 0.05) is 44.2 Å². The number of pyridine rings is 1. The number of carbonyl (C=O) groups excluding carboxylic acids is 1. The predicted molar refractivity (Wildman–Crippen MR) is 153 cm³/mol. The molecule has 0 aliphatic rings. The zero-order valence-electron chi connectivity index (χ0n) is 23.8. The normalized spacial score (nSPS) is 12.2. The molecule has 0 aliphatic heterocycles. The molecular weight excluding hydrogens is 635 g/mol. The Morgan fingerprint density at radius 1 is 1.00 bits per heavy atom. The Morgan fingerprint density at radius 3 is 2.24 bits per heavy atom. The summed E-state index contributed by atoms with van der Waals surface area (Å²) in [4.78, 5) is 16.1. The van der Waals surface area contributed by atoms with Gasteiger partial charge in [-0.25, -0.2) is 0 Å². The maximum Gasteiger partial charge on any atom is 0.161 e. The first-order valence-electron chi connectivity index (χ1n) is 13.4. The number of nitrogens with zero attached hydrogens (tertiary/aromatic N) is 1. The molecule has 203 valence electrons. The van der Waals surface area contributed by atoms with Gasteiger partial charge in [0.25, 0.3) is 0 Å². The number of allylic oxidation sites excluding steroid dienone is 2. The van der Waals surface area contributed by atoms with E-state index in [-0.39, 0.29) is 43.5 Å². The van der Waals surface area contributed by atoms with Gasteiger partial charge in [0.05, 0.1) is 5.76 Å². The van der Waals surface area contributed by atoms with Gasteiger partial charge in [-0.2, -0.15) is 0 Å². The molecule has 2 aromatic carbocycles. The Balaban J connectivity index is 0.000000401. The Morgan fingerprint density at radius 2 is 1.68 bits per heavy atom. The van der Waals surface area contributed by atoms with E-state index in [0.717, 1.165) is 42.5 Å². The summed E-state index contributed by atoms with van der Waals surface area (Å²) in [5, 5.41) is 12.1. The third-order valence-electron chi connectivity index (χ3n) is 6.67. The Hall–Kier alpha value is -2.29. The number of aliphatic hydroxyl groups is 1. The average molecular weight is 679 g/mol. The number of aryl methyl sites for hydroxylation is 2. The molecule has 0 aliphatic carbocycles. The second-order valence-electron chi connectivity index (χ2n) is 10.4. The van der Waals surface area contributed by atoms with Crippen LogP contribution in [0.5, 0.6) is 0 Å². The third-order valence-corrected chi connectivity index (χ3v) is 6.67. The fourth-order valence-corrected chi connectivity index (χ4v) is 4.38. The molecule has 3 aromatic rings. The van der Waals surface area contributed by atoms with Crippen molar-refractivity contribution in [2.45, 2.75) is 81.1 Å². The van der Waals surface area contributed by atoms with Gasteiger partial charge in [0.15, 0.2) is 5.78 Å². The Labute approximate surface area is 238 Å². The molecular formula is C33H44IrNO2-. The van der Waals surface area contributed by atoms with Crippen molar-refractivity contribution < 1.29 is 30.0 Å². The van der Waals surface area contributed by atoms with Crippen LogP contribution in [0.25, 0.3) is 22.0 Å². The SMILES string of the molecule is CCC(C)C(=O)/C=C(\O)C(CC)CC.Cc1[c-]c(-c2nccc3cc(CC(C)C)ccc23)cc(C)c1.[Ir]. The Kier molecular flexibility index (Phi) is 14.0. The molecule has 1 aromatic heterocycles. The molecule has 1 heterocycles. The van der Waals surface area contributed by atoms with Gasteiger partial charge in [-0.1, -0.05) is 73.6 Å². The molecule has 0 saturated heterocycles. The van der Waals surface area contributed by atoms with E-state index in [9.17, 15) is 9.90 Å². The summed E-state index contributed by atoms with van der Waals surface area (Å²) in [5.41, 5.74) is 5.91. The van der Waals surface area contributed by atoms with Crippen LogP contribution in [0.3, 0.4) is 0 Å². The van der Waals surface area contributed by atoms with Crippen molar-refractivity contribution in [3.8, 4) is 11.3 Å². The summed E-state index contributed by atoms with van der Waals surface area (Å²) in [6, 6.07) is 16.6. The fourth-order valence-electron chi connectivity index (χ4n) is 4.38. The average Bonchev–Trinajstić information content (AvgIpc) is 2.83. The number of benzene rings is 2. The van der Waals surface area contributed by atoms with E-state index in [4.69, 9.17) is 0 Å².